The molecule has 1 aromatic rings. The van der Waals surface area contributed by atoms with Crippen LogP contribution in [0, 0.1) is 6.92 Å². The third-order valence-corrected chi connectivity index (χ3v) is 3.32. The highest BCUT2D eigenvalue weighted by Crippen LogP contribution is 2.19. The van der Waals surface area contributed by atoms with Crippen molar-refractivity contribution in [2.75, 3.05) is 7.11 Å². The van der Waals surface area contributed by atoms with Gasteiger partial charge in [-0.3, -0.25) is 0 Å². The summed E-state index contributed by atoms with van der Waals surface area (Å²) in [5, 5.41) is 3.58. The smallest absolute Gasteiger partial charge is 0.123 e. The number of rotatable bonds is 8. The monoisotopic (exact) mass is 249 g/mol. The van der Waals surface area contributed by atoms with E-state index in [4.69, 9.17) is 4.74 Å². The maximum atomic E-state index is 5.39. The Balaban J connectivity index is 2.44. The van der Waals surface area contributed by atoms with E-state index in [0.29, 0.717) is 6.04 Å². The van der Waals surface area contributed by atoms with E-state index in [1.54, 1.807) is 7.11 Å². The number of benzene rings is 1. The van der Waals surface area contributed by atoms with Gasteiger partial charge in [-0.05, 0) is 26.3 Å². The molecule has 2 heteroatoms. The van der Waals surface area contributed by atoms with Crippen molar-refractivity contribution in [1.29, 1.82) is 0 Å². The average Bonchev–Trinajstić information content (AvgIpc) is 2.37. The van der Waals surface area contributed by atoms with Crippen LogP contribution < -0.4 is 10.1 Å². The van der Waals surface area contributed by atoms with Gasteiger partial charge in [0.1, 0.15) is 5.75 Å². The van der Waals surface area contributed by atoms with Crippen molar-refractivity contribution >= 4 is 0 Å². The summed E-state index contributed by atoms with van der Waals surface area (Å²) in [4.78, 5) is 0. The van der Waals surface area contributed by atoms with Crippen LogP contribution in [-0.2, 0) is 6.54 Å². The second-order valence-corrected chi connectivity index (χ2v) is 5.09. The molecule has 0 aromatic heterocycles. The molecule has 1 aromatic carbocycles. The summed E-state index contributed by atoms with van der Waals surface area (Å²) in [5.41, 5.74) is 2.53. The van der Waals surface area contributed by atoms with Crippen molar-refractivity contribution in [3.05, 3.63) is 29.3 Å². The summed E-state index contributed by atoms with van der Waals surface area (Å²) in [7, 11) is 1.73. The largest absolute Gasteiger partial charge is 0.496 e. The lowest BCUT2D eigenvalue weighted by molar-refractivity contribution is 0.404. The molecule has 0 aliphatic rings. The molecule has 1 rings (SSSR count). The van der Waals surface area contributed by atoms with E-state index in [1.807, 2.05) is 6.07 Å². The lowest BCUT2D eigenvalue weighted by atomic mass is 10.1. The SMILES string of the molecule is CCCCCC(C)NCc1cc(C)ccc1OC. The van der Waals surface area contributed by atoms with Crippen LogP contribution in [0.15, 0.2) is 18.2 Å². The molecule has 0 spiro atoms. The number of hydrogen-bond acceptors (Lipinski definition) is 2. The van der Waals surface area contributed by atoms with Gasteiger partial charge in [-0.15, -0.1) is 0 Å². The molecule has 0 aliphatic carbocycles. The van der Waals surface area contributed by atoms with E-state index in [1.165, 1.54) is 36.8 Å². The highest BCUT2D eigenvalue weighted by atomic mass is 16.5. The summed E-state index contributed by atoms with van der Waals surface area (Å²) in [6.07, 6.45) is 5.19. The Kier molecular flexibility index (Phi) is 6.81. The normalized spacial score (nSPS) is 12.4. The van der Waals surface area contributed by atoms with Crippen molar-refractivity contribution in [1.82, 2.24) is 5.32 Å². The molecule has 1 N–H and O–H groups in total. The maximum Gasteiger partial charge on any atom is 0.123 e. The Morgan fingerprint density at radius 3 is 2.72 bits per heavy atom. The Morgan fingerprint density at radius 1 is 1.28 bits per heavy atom. The quantitative estimate of drug-likeness (QED) is 0.701. The molecular weight excluding hydrogens is 222 g/mol. The molecule has 0 saturated carbocycles. The molecule has 1 unspecified atom stereocenters. The van der Waals surface area contributed by atoms with Crippen LogP contribution >= 0.6 is 0 Å². The zero-order chi connectivity index (χ0) is 13.4. The van der Waals surface area contributed by atoms with Crippen LogP contribution in [0.25, 0.3) is 0 Å². The standard InChI is InChI=1S/C16H27NO/c1-5-6-7-8-14(3)17-12-15-11-13(2)9-10-16(15)18-4/h9-11,14,17H,5-8,12H2,1-4H3. The Morgan fingerprint density at radius 2 is 2.06 bits per heavy atom. The molecule has 1 atom stereocenters. The van der Waals surface area contributed by atoms with Crippen LogP contribution in [0.5, 0.6) is 5.75 Å². The first-order valence-corrected chi connectivity index (χ1v) is 7.04. The molecule has 18 heavy (non-hydrogen) atoms. The van der Waals surface area contributed by atoms with Gasteiger partial charge in [-0.1, -0.05) is 43.9 Å². The van der Waals surface area contributed by atoms with Crippen LogP contribution in [0.4, 0.5) is 0 Å². The van der Waals surface area contributed by atoms with Gasteiger partial charge in [0.05, 0.1) is 7.11 Å². The van der Waals surface area contributed by atoms with Gasteiger partial charge < -0.3 is 10.1 Å². The number of unbranched alkanes of at least 4 members (excludes halogenated alkanes) is 2. The summed E-state index contributed by atoms with van der Waals surface area (Å²) in [5.74, 6) is 0.980. The van der Waals surface area contributed by atoms with Gasteiger partial charge >= 0.3 is 0 Å². The van der Waals surface area contributed by atoms with Crippen LogP contribution in [0.1, 0.15) is 50.7 Å². The van der Waals surface area contributed by atoms with Crippen molar-refractivity contribution in [3.8, 4) is 5.75 Å². The van der Waals surface area contributed by atoms with Crippen molar-refractivity contribution in [2.24, 2.45) is 0 Å². The molecule has 0 amide bonds. The zero-order valence-corrected chi connectivity index (χ0v) is 12.3. The first kappa shape index (κ1) is 15.0. The molecule has 0 fully saturated rings. The molecule has 102 valence electrons. The van der Waals surface area contributed by atoms with E-state index in [-0.39, 0.29) is 0 Å². The predicted molar refractivity (Wildman–Crippen MR) is 78.2 cm³/mol. The van der Waals surface area contributed by atoms with Crippen molar-refractivity contribution < 1.29 is 4.74 Å². The predicted octanol–water partition coefficient (Wildman–Crippen LogP) is 4.06. The number of ether oxygens (including phenoxy) is 1. The van der Waals surface area contributed by atoms with Gasteiger partial charge in [0, 0.05) is 18.2 Å². The average molecular weight is 249 g/mol. The number of hydrogen-bond donors (Lipinski definition) is 1. The van der Waals surface area contributed by atoms with Gasteiger partial charge in [0.2, 0.25) is 0 Å². The fourth-order valence-corrected chi connectivity index (χ4v) is 2.13. The van der Waals surface area contributed by atoms with E-state index < -0.39 is 0 Å². The molecular formula is C16H27NO. The molecule has 0 bridgehead atoms. The fourth-order valence-electron chi connectivity index (χ4n) is 2.13. The Hall–Kier alpha value is -1.02. The number of aryl methyl sites for hydroxylation is 1. The Labute approximate surface area is 112 Å². The highest BCUT2D eigenvalue weighted by molar-refractivity contribution is 5.36. The summed E-state index contributed by atoms with van der Waals surface area (Å²) in [6, 6.07) is 6.91. The third-order valence-electron chi connectivity index (χ3n) is 3.32. The minimum absolute atomic E-state index is 0.571. The van der Waals surface area contributed by atoms with Crippen LogP contribution in [0.2, 0.25) is 0 Å². The minimum Gasteiger partial charge on any atom is -0.496 e. The first-order valence-electron chi connectivity index (χ1n) is 7.04. The lowest BCUT2D eigenvalue weighted by Gasteiger charge is -2.15. The second kappa shape index (κ2) is 8.15. The Bertz CT molecular complexity index is 349. The zero-order valence-electron chi connectivity index (χ0n) is 12.3. The van der Waals surface area contributed by atoms with Gasteiger partial charge in [0.25, 0.3) is 0 Å². The second-order valence-electron chi connectivity index (χ2n) is 5.09. The van der Waals surface area contributed by atoms with E-state index >= 15 is 0 Å². The summed E-state index contributed by atoms with van der Waals surface area (Å²) in [6.45, 7) is 7.51. The minimum atomic E-state index is 0.571. The van der Waals surface area contributed by atoms with E-state index in [9.17, 15) is 0 Å². The lowest BCUT2D eigenvalue weighted by Crippen LogP contribution is -2.25. The maximum absolute atomic E-state index is 5.39. The van der Waals surface area contributed by atoms with Gasteiger partial charge in [-0.2, -0.15) is 0 Å². The van der Waals surface area contributed by atoms with E-state index in [0.717, 1.165) is 12.3 Å². The number of nitrogens with one attached hydrogen (secondary N) is 1. The van der Waals surface area contributed by atoms with Gasteiger partial charge in [-0.25, -0.2) is 0 Å². The number of methoxy groups -OCH3 is 1. The van der Waals surface area contributed by atoms with Crippen molar-refractivity contribution in [2.45, 2.75) is 59.0 Å². The van der Waals surface area contributed by atoms with Crippen LogP contribution in [-0.4, -0.2) is 13.2 Å². The summed E-state index contributed by atoms with van der Waals surface area (Å²) >= 11 is 0. The molecule has 2 nitrogen and oxygen atoms in total. The molecule has 0 heterocycles. The summed E-state index contributed by atoms with van der Waals surface area (Å²) < 4.78 is 5.39. The molecule has 0 aliphatic heterocycles. The fraction of sp³-hybridized carbons (Fsp3) is 0.625. The van der Waals surface area contributed by atoms with E-state index in [2.05, 4.69) is 38.2 Å². The van der Waals surface area contributed by atoms with Crippen molar-refractivity contribution in [3.63, 3.8) is 0 Å². The van der Waals surface area contributed by atoms with Crippen LogP contribution in [0.3, 0.4) is 0 Å². The topological polar surface area (TPSA) is 21.3 Å². The highest BCUT2D eigenvalue weighted by Gasteiger charge is 2.05. The third kappa shape index (κ3) is 5.09. The first-order chi connectivity index (χ1) is 8.67. The van der Waals surface area contributed by atoms with Gasteiger partial charge in [0.15, 0.2) is 0 Å². The molecule has 0 saturated heterocycles. The molecule has 0 radical (unpaired) electrons.